The van der Waals surface area contributed by atoms with Crippen molar-refractivity contribution in [2.75, 3.05) is 5.43 Å². The number of nitrogens with one attached hydrogen (secondary N) is 2. The second-order valence-electron chi connectivity index (χ2n) is 5.25. The van der Waals surface area contributed by atoms with Gasteiger partial charge in [0.2, 0.25) is 5.82 Å². The van der Waals surface area contributed by atoms with E-state index in [2.05, 4.69) is 31.0 Å². The first kappa shape index (κ1) is 17.1. The van der Waals surface area contributed by atoms with Crippen molar-refractivity contribution in [1.29, 1.82) is 0 Å². The number of benzene rings is 1. The normalized spacial score (nSPS) is 10.6. The Bertz CT molecular complexity index is 1080. The summed E-state index contributed by atoms with van der Waals surface area (Å²) in [6.45, 7) is 0. The molecule has 27 heavy (non-hydrogen) atoms. The molecule has 134 valence electrons. The quantitative estimate of drug-likeness (QED) is 0.494. The molecule has 0 aliphatic rings. The van der Waals surface area contributed by atoms with Gasteiger partial charge in [0.25, 0.3) is 5.91 Å². The largest absolute Gasteiger partial charge is 0.340 e. The topological polar surface area (TPSA) is 106 Å². The Labute approximate surface area is 162 Å². The molecule has 0 aliphatic carbocycles. The van der Waals surface area contributed by atoms with Gasteiger partial charge in [-0.1, -0.05) is 35.0 Å². The van der Waals surface area contributed by atoms with Crippen LogP contribution in [0.1, 0.15) is 9.67 Å². The number of hydrazine groups is 1. The number of carbonyl (C=O) groups is 1. The lowest BCUT2D eigenvalue weighted by molar-refractivity contribution is 0.0965. The lowest BCUT2D eigenvalue weighted by Gasteiger charge is -2.01. The maximum absolute atomic E-state index is 12.3. The monoisotopic (exact) mass is 398 g/mol. The van der Waals surface area contributed by atoms with Gasteiger partial charge in [0.1, 0.15) is 9.88 Å². The molecule has 3 heterocycles. The van der Waals surface area contributed by atoms with Gasteiger partial charge in [0, 0.05) is 23.5 Å². The highest BCUT2D eigenvalue weighted by molar-refractivity contribution is 7.17. The van der Waals surface area contributed by atoms with Crippen molar-refractivity contribution in [1.82, 2.24) is 25.5 Å². The van der Waals surface area contributed by atoms with Gasteiger partial charge in [0.15, 0.2) is 0 Å². The first-order valence-corrected chi connectivity index (χ1v) is 8.91. The van der Waals surface area contributed by atoms with Crippen molar-refractivity contribution in [3.63, 3.8) is 0 Å². The van der Waals surface area contributed by atoms with E-state index < -0.39 is 0 Å². The zero-order valence-corrected chi connectivity index (χ0v) is 15.2. The maximum atomic E-state index is 12.3. The Morgan fingerprint density at radius 3 is 2.78 bits per heavy atom. The van der Waals surface area contributed by atoms with E-state index in [1.165, 1.54) is 17.5 Å². The summed E-state index contributed by atoms with van der Waals surface area (Å²) in [5, 5.41) is 5.07. The van der Waals surface area contributed by atoms with E-state index in [0.29, 0.717) is 20.7 Å². The molecule has 3 aromatic heterocycles. The van der Waals surface area contributed by atoms with Gasteiger partial charge in [-0.05, 0) is 18.2 Å². The summed E-state index contributed by atoms with van der Waals surface area (Å²) in [6.07, 6.45) is 4.73. The molecule has 0 unspecified atom stereocenters. The highest BCUT2D eigenvalue weighted by Crippen LogP contribution is 2.30. The lowest BCUT2D eigenvalue weighted by Crippen LogP contribution is -2.28. The molecule has 4 aromatic rings. The van der Waals surface area contributed by atoms with Crippen LogP contribution in [0.25, 0.3) is 22.0 Å². The van der Waals surface area contributed by atoms with Crippen molar-refractivity contribution < 1.29 is 9.32 Å². The summed E-state index contributed by atoms with van der Waals surface area (Å²) >= 11 is 7.39. The maximum Gasteiger partial charge on any atom is 0.340 e. The number of rotatable bonds is 5. The van der Waals surface area contributed by atoms with Gasteiger partial charge >= 0.3 is 6.01 Å². The molecular formula is C17H11ClN6O2S. The number of thiazole rings is 1. The van der Waals surface area contributed by atoms with E-state index in [1.54, 1.807) is 30.6 Å². The molecule has 0 bridgehead atoms. The number of pyridine rings is 1. The lowest BCUT2D eigenvalue weighted by atomic mass is 10.2. The third-order valence-corrected chi connectivity index (χ3v) is 4.84. The minimum atomic E-state index is -0.380. The summed E-state index contributed by atoms with van der Waals surface area (Å²) in [7, 11) is 0. The summed E-state index contributed by atoms with van der Waals surface area (Å²) in [6, 6.07) is 10.9. The van der Waals surface area contributed by atoms with Gasteiger partial charge in [-0.25, -0.2) is 10.4 Å². The van der Waals surface area contributed by atoms with Crippen molar-refractivity contribution in [3.8, 4) is 22.0 Å². The Morgan fingerprint density at radius 1 is 1.15 bits per heavy atom. The molecule has 1 aromatic carbocycles. The van der Waals surface area contributed by atoms with Crippen LogP contribution in [-0.4, -0.2) is 26.0 Å². The molecule has 0 saturated heterocycles. The molecule has 0 atom stereocenters. The SMILES string of the molecule is O=C(NNc1nc(-c2ccncc2)no1)c1cnc(-c2ccccc2Cl)s1. The van der Waals surface area contributed by atoms with Gasteiger partial charge in [-0.15, -0.1) is 11.3 Å². The highest BCUT2D eigenvalue weighted by atomic mass is 35.5. The van der Waals surface area contributed by atoms with Crippen LogP contribution in [0.5, 0.6) is 0 Å². The van der Waals surface area contributed by atoms with Crippen LogP contribution >= 0.6 is 22.9 Å². The van der Waals surface area contributed by atoms with E-state index in [-0.39, 0.29) is 11.9 Å². The zero-order valence-electron chi connectivity index (χ0n) is 13.6. The van der Waals surface area contributed by atoms with Crippen LogP contribution in [0.3, 0.4) is 0 Å². The van der Waals surface area contributed by atoms with E-state index in [9.17, 15) is 4.79 Å². The van der Waals surface area contributed by atoms with Crippen molar-refractivity contribution in [3.05, 3.63) is 64.9 Å². The van der Waals surface area contributed by atoms with Crippen LogP contribution in [0.2, 0.25) is 5.02 Å². The van der Waals surface area contributed by atoms with Gasteiger partial charge in [-0.2, -0.15) is 4.98 Å². The van der Waals surface area contributed by atoms with Crippen LogP contribution in [-0.2, 0) is 0 Å². The average molecular weight is 399 g/mol. The number of hydrogen-bond acceptors (Lipinski definition) is 8. The molecule has 0 spiro atoms. The predicted molar refractivity (Wildman–Crippen MR) is 101 cm³/mol. The first-order chi connectivity index (χ1) is 13.2. The fraction of sp³-hybridized carbons (Fsp3) is 0. The second kappa shape index (κ2) is 7.52. The minimum absolute atomic E-state index is 0.0611. The molecule has 0 radical (unpaired) electrons. The molecule has 8 nitrogen and oxygen atoms in total. The predicted octanol–water partition coefficient (Wildman–Crippen LogP) is 3.67. The summed E-state index contributed by atoms with van der Waals surface area (Å²) in [4.78, 5) is 25.0. The fourth-order valence-corrected chi connectivity index (χ4v) is 3.33. The number of amides is 1. The Kier molecular flexibility index (Phi) is 4.77. The number of carbonyl (C=O) groups excluding carboxylic acids is 1. The molecular weight excluding hydrogens is 388 g/mol. The molecule has 10 heteroatoms. The van der Waals surface area contributed by atoms with E-state index in [1.807, 2.05) is 18.2 Å². The molecule has 2 N–H and O–H groups in total. The van der Waals surface area contributed by atoms with Crippen molar-refractivity contribution >= 4 is 34.9 Å². The van der Waals surface area contributed by atoms with Gasteiger partial charge < -0.3 is 4.52 Å². The molecule has 0 aliphatic heterocycles. The van der Waals surface area contributed by atoms with Crippen LogP contribution < -0.4 is 10.9 Å². The number of nitrogens with zero attached hydrogens (tertiary/aromatic N) is 4. The highest BCUT2D eigenvalue weighted by Gasteiger charge is 2.14. The zero-order chi connectivity index (χ0) is 18.6. The summed E-state index contributed by atoms with van der Waals surface area (Å²) in [5.41, 5.74) is 6.61. The number of anilines is 1. The van der Waals surface area contributed by atoms with Crippen LogP contribution in [0.15, 0.2) is 59.5 Å². The third-order valence-electron chi connectivity index (χ3n) is 3.48. The number of halogens is 1. The standard InChI is InChI=1S/C17H11ClN6O2S/c18-12-4-2-1-3-11(12)16-20-9-13(27-16)15(25)22-23-17-21-14(24-26-17)10-5-7-19-8-6-10/h1-9H,(H,22,25)(H,21,23,24). The van der Waals surface area contributed by atoms with E-state index in [4.69, 9.17) is 16.1 Å². The van der Waals surface area contributed by atoms with Crippen molar-refractivity contribution in [2.45, 2.75) is 0 Å². The first-order valence-electron chi connectivity index (χ1n) is 7.72. The average Bonchev–Trinajstić information content (AvgIpc) is 3.37. The van der Waals surface area contributed by atoms with E-state index in [0.717, 1.165) is 11.1 Å². The molecule has 0 fully saturated rings. The minimum Gasteiger partial charge on any atom is -0.313 e. The molecule has 4 rings (SSSR count). The molecule has 0 saturated carbocycles. The fourth-order valence-electron chi connectivity index (χ4n) is 2.20. The third kappa shape index (κ3) is 3.78. The van der Waals surface area contributed by atoms with E-state index >= 15 is 0 Å². The Hall–Kier alpha value is -3.30. The summed E-state index contributed by atoms with van der Waals surface area (Å²) in [5.74, 6) is 0.00223. The van der Waals surface area contributed by atoms with Gasteiger partial charge in [0.05, 0.1) is 11.2 Å². The van der Waals surface area contributed by atoms with Crippen LogP contribution in [0, 0.1) is 0 Å². The van der Waals surface area contributed by atoms with Crippen molar-refractivity contribution in [2.24, 2.45) is 0 Å². The Balaban J connectivity index is 1.42. The summed E-state index contributed by atoms with van der Waals surface area (Å²) < 4.78 is 5.06. The smallest absolute Gasteiger partial charge is 0.313 e. The Morgan fingerprint density at radius 2 is 1.96 bits per heavy atom. The second-order valence-corrected chi connectivity index (χ2v) is 6.69. The molecule has 1 amide bonds. The number of hydrogen-bond donors (Lipinski definition) is 2. The van der Waals surface area contributed by atoms with Gasteiger partial charge in [-0.3, -0.25) is 15.2 Å². The van der Waals surface area contributed by atoms with Crippen LogP contribution in [0.4, 0.5) is 6.01 Å². The number of aromatic nitrogens is 4.